The van der Waals surface area contributed by atoms with E-state index >= 15 is 0 Å². The molecular weight excluding hydrogens is 342 g/mol. The smallest absolute Gasteiger partial charge is 0.414 e. The molecule has 1 rings (SSSR count). The minimum Gasteiger partial charge on any atom is -0.491 e. The van der Waals surface area contributed by atoms with Crippen LogP contribution in [0.4, 0.5) is 0 Å². The van der Waals surface area contributed by atoms with E-state index < -0.39 is 11.9 Å². The fourth-order valence-corrected chi connectivity index (χ4v) is 1.77. The van der Waals surface area contributed by atoms with Crippen LogP contribution in [0.3, 0.4) is 0 Å². The Hall–Kier alpha value is -1.86. The standard InChI is InChI=1S/C12H16BrNO.C2H2O4/c1-3-6-14-7-8-15-12-5-4-10(2)9-11(12)13;3-1(4)2(5)6/h3-5,9,14H,1,6-8H2,2H3;(H,3,4)(H,5,6). The first-order valence-corrected chi connectivity index (χ1v) is 6.84. The molecule has 0 aliphatic carbocycles. The summed E-state index contributed by atoms with van der Waals surface area (Å²) in [7, 11) is 0. The third kappa shape index (κ3) is 9.64. The van der Waals surface area contributed by atoms with Crippen molar-refractivity contribution in [2.75, 3.05) is 19.7 Å². The van der Waals surface area contributed by atoms with Crippen LogP contribution in [0.5, 0.6) is 5.75 Å². The van der Waals surface area contributed by atoms with E-state index in [9.17, 15) is 0 Å². The summed E-state index contributed by atoms with van der Waals surface area (Å²) in [6.45, 7) is 7.99. The van der Waals surface area contributed by atoms with Crippen LogP contribution in [0.1, 0.15) is 5.56 Å². The van der Waals surface area contributed by atoms with E-state index in [1.807, 2.05) is 24.3 Å². The molecule has 0 aliphatic rings. The molecule has 0 amide bonds. The van der Waals surface area contributed by atoms with Crippen molar-refractivity contribution in [2.45, 2.75) is 6.92 Å². The van der Waals surface area contributed by atoms with Crippen molar-refractivity contribution in [3.05, 3.63) is 40.9 Å². The zero-order chi connectivity index (χ0) is 16.3. The van der Waals surface area contributed by atoms with Crippen LogP contribution >= 0.6 is 15.9 Å². The van der Waals surface area contributed by atoms with Crippen molar-refractivity contribution < 1.29 is 24.5 Å². The third-order valence-electron chi connectivity index (χ3n) is 2.10. The van der Waals surface area contributed by atoms with Gasteiger partial charge in [0.1, 0.15) is 12.4 Å². The number of aryl methyl sites for hydroxylation is 1. The Bertz CT molecular complexity index is 478. The largest absolute Gasteiger partial charge is 0.491 e. The predicted octanol–water partition coefficient (Wildman–Crippen LogP) is 2.07. The summed E-state index contributed by atoms with van der Waals surface area (Å²) in [5.41, 5.74) is 1.22. The number of aliphatic carboxylic acids is 2. The second-order valence-corrected chi connectivity index (χ2v) is 4.74. The van der Waals surface area contributed by atoms with Gasteiger partial charge in [0, 0.05) is 13.1 Å². The van der Waals surface area contributed by atoms with E-state index in [0.717, 1.165) is 23.3 Å². The quantitative estimate of drug-likeness (QED) is 0.408. The van der Waals surface area contributed by atoms with Gasteiger partial charge < -0.3 is 20.3 Å². The summed E-state index contributed by atoms with van der Waals surface area (Å²) >= 11 is 3.47. The molecule has 0 fully saturated rings. The summed E-state index contributed by atoms with van der Waals surface area (Å²) in [6, 6.07) is 6.07. The highest BCUT2D eigenvalue weighted by Gasteiger charge is 2.04. The molecule has 0 unspecified atom stereocenters. The summed E-state index contributed by atoms with van der Waals surface area (Å²) < 4.78 is 6.60. The minimum atomic E-state index is -1.82. The lowest BCUT2D eigenvalue weighted by Gasteiger charge is -2.08. The van der Waals surface area contributed by atoms with E-state index in [4.69, 9.17) is 24.5 Å². The van der Waals surface area contributed by atoms with Crippen LogP contribution in [0, 0.1) is 6.92 Å². The van der Waals surface area contributed by atoms with Gasteiger partial charge in [0.2, 0.25) is 0 Å². The fourth-order valence-electron chi connectivity index (χ4n) is 1.16. The number of hydrogen-bond donors (Lipinski definition) is 3. The highest BCUT2D eigenvalue weighted by molar-refractivity contribution is 9.10. The van der Waals surface area contributed by atoms with E-state index in [2.05, 4.69) is 34.7 Å². The number of carboxylic acid groups (broad SMARTS) is 2. The monoisotopic (exact) mass is 359 g/mol. The molecule has 116 valence electrons. The van der Waals surface area contributed by atoms with Crippen molar-refractivity contribution in [1.82, 2.24) is 5.32 Å². The van der Waals surface area contributed by atoms with Crippen molar-refractivity contribution in [3.63, 3.8) is 0 Å². The second-order valence-electron chi connectivity index (χ2n) is 3.89. The van der Waals surface area contributed by atoms with Gasteiger partial charge in [-0.05, 0) is 40.5 Å². The molecule has 7 heteroatoms. The molecule has 3 N–H and O–H groups in total. The number of hydrogen-bond acceptors (Lipinski definition) is 4. The number of ether oxygens (including phenoxy) is 1. The Morgan fingerprint density at radius 1 is 1.38 bits per heavy atom. The molecule has 6 nitrogen and oxygen atoms in total. The normalized spacial score (nSPS) is 9.24. The Morgan fingerprint density at radius 3 is 2.48 bits per heavy atom. The summed E-state index contributed by atoms with van der Waals surface area (Å²) in [5, 5.41) is 18.0. The first-order chi connectivity index (χ1) is 9.88. The average Bonchev–Trinajstić information content (AvgIpc) is 2.41. The Labute approximate surface area is 131 Å². The van der Waals surface area contributed by atoms with Crippen molar-refractivity contribution in [1.29, 1.82) is 0 Å². The van der Waals surface area contributed by atoms with Gasteiger partial charge in [-0.3, -0.25) is 0 Å². The maximum absolute atomic E-state index is 9.10. The molecule has 0 saturated carbocycles. The molecule has 1 aromatic carbocycles. The molecule has 0 spiro atoms. The van der Waals surface area contributed by atoms with Gasteiger partial charge in [-0.2, -0.15) is 0 Å². The SMILES string of the molecule is C=CCNCCOc1ccc(C)cc1Br.O=C(O)C(=O)O. The van der Waals surface area contributed by atoms with Crippen LogP contribution < -0.4 is 10.1 Å². The Balaban J connectivity index is 0.000000567. The second kappa shape index (κ2) is 10.9. The zero-order valence-electron chi connectivity index (χ0n) is 11.6. The number of nitrogens with one attached hydrogen (secondary N) is 1. The molecular formula is C14H18BrNO5. The fraction of sp³-hybridized carbons (Fsp3) is 0.286. The number of carbonyl (C=O) groups is 2. The lowest BCUT2D eigenvalue weighted by molar-refractivity contribution is -0.159. The summed E-state index contributed by atoms with van der Waals surface area (Å²) in [5.74, 6) is -2.76. The third-order valence-corrected chi connectivity index (χ3v) is 2.72. The zero-order valence-corrected chi connectivity index (χ0v) is 13.2. The average molecular weight is 360 g/mol. The maximum Gasteiger partial charge on any atom is 0.414 e. The number of carboxylic acids is 2. The van der Waals surface area contributed by atoms with Crippen LogP contribution in [0.15, 0.2) is 35.3 Å². The molecule has 1 aromatic rings. The van der Waals surface area contributed by atoms with Crippen LogP contribution in [0.25, 0.3) is 0 Å². The highest BCUT2D eigenvalue weighted by Crippen LogP contribution is 2.25. The van der Waals surface area contributed by atoms with Gasteiger partial charge in [0.05, 0.1) is 4.47 Å². The van der Waals surface area contributed by atoms with Crippen molar-refractivity contribution in [3.8, 4) is 5.75 Å². The van der Waals surface area contributed by atoms with E-state index in [0.29, 0.717) is 6.61 Å². The number of halogens is 1. The van der Waals surface area contributed by atoms with Crippen LogP contribution in [-0.4, -0.2) is 41.8 Å². The predicted molar refractivity (Wildman–Crippen MR) is 82.7 cm³/mol. The van der Waals surface area contributed by atoms with Gasteiger partial charge in [-0.15, -0.1) is 6.58 Å². The Morgan fingerprint density at radius 2 is 2.00 bits per heavy atom. The number of rotatable bonds is 6. The molecule has 0 radical (unpaired) electrons. The molecule has 0 atom stereocenters. The van der Waals surface area contributed by atoms with E-state index in [-0.39, 0.29) is 0 Å². The van der Waals surface area contributed by atoms with E-state index in [1.165, 1.54) is 5.56 Å². The lowest BCUT2D eigenvalue weighted by atomic mass is 10.2. The molecule has 0 bridgehead atoms. The minimum absolute atomic E-state index is 0.662. The molecule has 0 aromatic heterocycles. The summed E-state index contributed by atoms with van der Waals surface area (Å²) in [6.07, 6.45) is 1.84. The summed E-state index contributed by atoms with van der Waals surface area (Å²) in [4.78, 5) is 18.2. The first kappa shape index (κ1) is 19.1. The topological polar surface area (TPSA) is 95.9 Å². The van der Waals surface area contributed by atoms with Gasteiger partial charge >= 0.3 is 11.9 Å². The molecule has 0 aliphatic heterocycles. The van der Waals surface area contributed by atoms with Gasteiger partial charge in [0.15, 0.2) is 0 Å². The van der Waals surface area contributed by atoms with Gasteiger partial charge in [0.25, 0.3) is 0 Å². The van der Waals surface area contributed by atoms with Crippen LogP contribution in [0.2, 0.25) is 0 Å². The first-order valence-electron chi connectivity index (χ1n) is 6.05. The maximum atomic E-state index is 9.10. The molecule has 0 heterocycles. The highest BCUT2D eigenvalue weighted by atomic mass is 79.9. The Kier molecular flexibility index (Phi) is 9.91. The van der Waals surface area contributed by atoms with Crippen molar-refractivity contribution in [2.24, 2.45) is 0 Å². The van der Waals surface area contributed by atoms with Gasteiger partial charge in [-0.25, -0.2) is 9.59 Å². The van der Waals surface area contributed by atoms with Crippen LogP contribution in [-0.2, 0) is 9.59 Å². The molecule has 0 saturated heterocycles. The molecule has 21 heavy (non-hydrogen) atoms. The number of benzene rings is 1. The lowest BCUT2D eigenvalue weighted by Crippen LogP contribution is -2.20. The van der Waals surface area contributed by atoms with Gasteiger partial charge in [-0.1, -0.05) is 12.1 Å². The van der Waals surface area contributed by atoms with E-state index in [1.54, 1.807) is 0 Å². The van der Waals surface area contributed by atoms with Crippen molar-refractivity contribution >= 4 is 27.9 Å².